The summed E-state index contributed by atoms with van der Waals surface area (Å²) in [6.45, 7) is 1.62. The van der Waals surface area contributed by atoms with Gasteiger partial charge in [-0.2, -0.15) is 0 Å². The van der Waals surface area contributed by atoms with Gasteiger partial charge in [-0.1, -0.05) is 30.0 Å². The van der Waals surface area contributed by atoms with Gasteiger partial charge in [0.1, 0.15) is 12.4 Å². The van der Waals surface area contributed by atoms with Gasteiger partial charge in [-0.3, -0.25) is 0 Å². The van der Waals surface area contributed by atoms with Crippen LogP contribution in [-0.4, -0.2) is 46.6 Å². The van der Waals surface area contributed by atoms with E-state index in [2.05, 4.69) is 10.2 Å². The van der Waals surface area contributed by atoms with Gasteiger partial charge in [-0.05, 0) is 11.6 Å². The number of hydrogen-bond acceptors (Lipinski definition) is 6. The minimum Gasteiger partial charge on any atom is -0.448 e. The number of halogens is 1. The number of rotatable bonds is 6. The summed E-state index contributed by atoms with van der Waals surface area (Å²) in [5.74, 6) is 0.715. The molecule has 2 heterocycles. The van der Waals surface area contributed by atoms with E-state index in [1.165, 1.54) is 17.8 Å². The molecule has 2 aromatic rings. The van der Waals surface area contributed by atoms with Crippen molar-refractivity contribution >= 4 is 17.9 Å². The Morgan fingerprint density at radius 2 is 2.18 bits per heavy atom. The number of carbonyl (C=O) groups excluding carboxylic acids is 1. The highest BCUT2D eigenvalue weighted by atomic mass is 32.2. The molecule has 1 saturated heterocycles. The fraction of sp³-hybridized carbons (Fsp3) is 0.357. The van der Waals surface area contributed by atoms with Crippen LogP contribution in [0.3, 0.4) is 0 Å². The van der Waals surface area contributed by atoms with Crippen LogP contribution in [0.25, 0.3) is 0 Å². The highest BCUT2D eigenvalue weighted by Gasteiger charge is 2.21. The lowest BCUT2D eigenvalue weighted by Gasteiger charge is -2.10. The molecule has 0 N–H and O–H groups in total. The molecule has 8 heteroatoms. The second kappa shape index (κ2) is 6.78. The minimum absolute atomic E-state index is 0.263. The molecule has 0 unspecified atom stereocenters. The quantitative estimate of drug-likeness (QED) is 0.760. The van der Waals surface area contributed by atoms with Crippen LogP contribution in [0.1, 0.15) is 11.5 Å². The van der Waals surface area contributed by atoms with Crippen molar-refractivity contribution in [2.75, 3.05) is 25.4 Å². The third-order valence-corrected chi connectivity index (χ3v) is 3.98. The number of ether oxygens (including phenoxy) is 1. The smallest absolute Gasteiger partial charge is 0.409 e. The lowest BCUT2D eigenvalue weighted by atomic mass is 10.1. The first-order valence-electron chi connectivity index (χ1n) is 6.82. The Balaban J connectivity index is 1.51. The van der Waals surface area contributed by atoms with E-state index in [1.807, 2.05) is 0 Å². The third-order valence-electron chi connectivity index (χ3n) is 3.18. The van der Waals surface area contributed by atoms with Gasteiger partial charge in [-0.15, -0.1) is 10.2 Å². The van der Waals surface area contributed by atoms with Crippen molar-refractivity contribution < 1.29 is 18.3 Å². The zero-order valence-electron chi connectivity index (χ0n) is 11.7. The van der Waals surface area contributed by atoms with Crippen LogP contribution >= 0.6 is 11.8 Å². The fourth-order valence-electron chi connectivity index (χ4n) is 2.04. The van der Waals surface area contributed by atoms with E-state index in [-0.39, 0.29) is 18.3 Å². The predicted molar refractivity (Wildman–Crippen MR) is 77.1 cm³/mol. The molecule has 1 aliphatic rings. The molecule has 1 amide bonds. The van der Waals surface area contributed by atoms with Crippen molar-refractivity contribution in [1.29, 1.82) is 0 Å². The summed E-state index contributed by atoms with van der Waals surface area (Å²) in [5, 5.41) is 8.24. The molecule has 22 heavy (non-hydrogen) atoms. The van der Waals surface area contributed by atoms with Crippen LogP contribution in [0.4, 0.5) is 9.18 Å². The average Bonchev–Trinajstić information content (AvgIpc) is 3.12. The van der Waals surface area contributed by atoms with Gasteiger partial charge in [0.25, 0.3) is 5.22 Å². The molecule has 1 aliphatic heterocycles. The zero-order valence-corrected chi connectivity index (χ0v) is 12.5. The van der Waals surface area contributed by atoms with Gasteiger partial charge in [0.05, 0.1) is 13.0 Å². The van der Waals surface area contributed by atoms with Gasteiger partial charge in [0.15, 0.2) is 0 Å². The second-order valence-corrected chi connectivity index (χ2v) is 5.73. The summed E-state index contributed by atoms with van der Waals surface area (Å²) in [6.07, 6.45) is -0.0232. The van der Waals surface area contributed by atoms with E-state index in [9.17, 15) is 9.18 Å². The minimum atomic E-state index is -0.289. The number of carbonyl (C=O) groups is 1. The van der Waals surface area contributed by atoms with Crippen molar-refractivity contribution in [3.05, 3.63) is 41.5 Å². The maximum absolute atomic E-state index is 13.5. The number of amides is 1. The van der Waals surface area contributed by atoms with Crippen LogP contribution in [0.15, 0.2) is 33.9 Å². The van der Waals surface area contributed by atoms with Crippen molar-refractivity contribution in [1.82, 2.24) is 15.1 Å². The standard InChI is InChI=1S/C14H14FN3O3S/c15-11-4-2-1-3-10(11)9-12-16-17-13(21-12)22-8-6-18-5-7-20-14(18)19/h1-4H,5-9H2. The summed E-state index contributed by atoms with van der Waals surface area (Å²) in [7, 11) is 0. The normalized spacial score (nSPS) is 14.4. The molecule has 0 aliphatic carbocycles. The Morgan fingerprint density at radius 3 is 2.95 bits per heavy atom. The molecule has 0 atom stereocenters. The molecular formula is C14H14FN3O3S. The summed E-state index contributed by atoms with van der Waals surface area (Å²) < 4.78 is 23.9. The average molecular weight is 323 g/mol. The fourth-order valence-corrected chi connectivity index (χ4v) is 2.78. The topological polar surface area (TPSA) is 68.5 Å². The first-order valence-corrected chi connectivity index (χ1v) is 7.81. The molecule has 116 valence electrons. The van der Waals surface area contributed by atoms with E-state index in [0.29, 0.717) is 42.1 Å². The number of nitrogens with zero attached hydrogens (tertiary/aromatic N) is 3. The molecular weight excluding hydrogens is 309 g/mol. The largest absolute Gasteiger partial charge is 0.448 e. The van der Waals surface area contributed by atoms with Crippen LogP contribution in [-0.2, 0) is 11.2 Å². The number of aromatic nitrogens is 2. The second-order valence-electron chi connectivity index (χ2n) is 4.68. The molecule has 0 saturated carbocycles. The van der Waals surface area contributed by atoms with Gasteiger partial charge < -0.3 is 14.1 Å². The molecule has 0 bridgehead atoms. The summed E-state index contributed by atoms with van der Waals surface area (Å²) >= 11 is 1.36. The number of benzene rings is 1. The Hall–Kier alpha value is -2.09. The summed E-state index contributed by atoms with van der Waals surface area (Å²) in [6, 6.07) is 6.48. The summed E-state index contributed by atoms with van der Waals surface area (Å²) in [5.41, 5.74) is 0.516. The maximum atomic E-state index is 13.5. The molecule has 1 aromatic heterocycles. The number of hydrogen-bond donors (Lipinski definition) is 0. The molecule has 0 radical (unpaired) electrons. The van der Waals surface area contributed by atoms with Gasteiger partial charge in [0, 0.05) is 12.3 Å². The van der Waals surface area contributed by atoms with E-state index in [1.54, 1.807) is 23.1 Å². The SMILES string of the molecule is O=C1OCCN1CCSc1nnc(Cc2ccccc2F)o1. The highest BCUT2D eigenvalue weighted by molar-refractivity contribution is 7.99. The zero-order chi connectivity index (χ0) is 15.4. The maximum Gasteiger partial charge on any atom is 0.409 e. The van der Waals surface area contributed by atoms with Crippen molar-refractivity contribution in [2.45, 2.75) is 11.6 Å². The third kappa shape index (κ3) is 3.56. The Labute approximate surface area is 130 Å². The molecule has 3 rings (SSSR count). The van der Waals surface area contributed by atoms with E-state index < -0.39 is 0 Å². The lowest BCUT2D eigenvalue weighted by Crippen LogP contribution is -2.26. The molecule has 0 spiro atoms. The molecule has 1 aromatic carbocycles. The van der Waals surface area contributed by atoms with E-state index in [0.717, 1.165) is 0 Å². The Kier molecular flexibility index (Phi) is 4.57. The molecule has 6 nitrogen and oxygen atoms in total. The first-order chi connectivity index (χ1) is 10.7. The predicted octanol–water partition coefficient (Wildman–Crippen LogP) is 2.34. The molecule has 1 fully saturated rings. The lowest BCUT2D eigenvalue weighted by molar-refractivity contribution is 0.160. The van der Waals surface area contributed by atoms with Crippen molar-refractivity contribution in [2.24, 2.45) is 0 Å². The van der Waals surface area contributed by atoms with Crippen LogP contribution in [0.2, 0.25) is 0 Å². The van der Waals surface area contributed by atoms with Crippen LogP contribution in [0, 0.1) is 5.82 Å². The van der Waals surface area contributed by atoms with Crippen LogP contribution < -0.4 is 0 Å². The van der Waals surface area contributed by atoms with E-state index in [4.69, 9.17) is 9.15 Å². The Bertz CT molecular complexity index is 664. The van der Waals surface area contributed by atoms with Gasteiger partial charge >= 0.3 is 6.09 Å². The summed E-state index contributed by atoms with van der Waals surface area (Å²) in [4.78, 5) is 12.9. The van der Waals surface area contributed by atoms with Crippen molar-refractivity contribution in [3.8, 4) is 0 Å². The van der Waals surface area contributed by atoms with Gasteiger partial charge in [-0.25, -0.2) is 9.18 Å². The van der Waals surface area contributed by atoms with E-state index >= 15 is 0 Å². The van der Waals surface area contributed by atoms with Crippen LogP contribution in [0.5, 0.6) is 0 Å². The van der Waals surface area contributed by atoms with Crippen molar-refractivity contribution in [3.63, 3.8) is 0 Å². The monoisotopic (exact) mass is 323 g/mol. The van der Waals surface area contributed by atoms with Gasteiger partial charge in [0.2, 0.25) is 5.89 Å². The highest BCUT2D eigenvalue weighted by Crippen LogP contribution is 2.19. The number of thioether (sulfide) groups is 1. The number of cyclic esters (lactones) is 1. The first kappa shape index (κ1) is 14.8. The Morgan fingerprint density at radius 1 is 1.32 bits per heavy atom.